The molecule has 0 unspecified atom stereocenters. The summed E-state index contributed by atoms with van der Waals surface area (Å²) in [6.07, 6.45) is 2.55. The molecule has 2 aliphatic heterocycles. The summed E-state index contributed by atoms with van der Waals surface area (Å²) in [6.45, 7) is 3.79. The van der Waals surface area contributed by atoms with Gasteiger partial charge in [-0.05, 0) is 30.0 Å². The van der Waals surface area contributed by atoms with Gasteiger partial charge in [0.1, 0.15) is 0 Å². The maximum Gasteiger partial charge on any atom is 0.223 e. The van der Waals surface area contributed by atoms with E-state index in [0.717, 1.165) is 31.7 Å². The summed E-state index contributed by atoms with van der Waals surface area (Å²) in [5.41, 5.74) is 0.746. The van der Waals surface area contributed by atoms with Gasteiger partial charge in [-0.3, -0.25) is 4.79 Å². The Bertz CT molecular complexity index is 787. The maximum atomic E-state index is 12.4. The van der Waals surface area contributed by atoms with Gasteiger partial charge in [0, 0.05) is 49.6 Å². The summed E-state index contributed by atoms with van der Waals surface area (Å²) in [5.74, 6) is 2.55. The zero-order valence-corrected chi connectivity index (χ0v) is 17.6. The highest BCUT2D eigenvalue weighted by molar-refractivity contribution is 6.36. The molecule has 1 N–H and O–H groups in total. The lowest BCUT2D eigenvalue weighted by atomic mass is 10.0. The van der Waals surface area contributed by atoms with E-state index in [1.165, 1.54) is 0 Å². The Morgan fingerprint density at radius 1 is 1.22 bits per heavy atom. The van der Waals surface area contributed by atoms with E-state index in [9.17, 15) is 4.79 Å². The van der Waals surface area contributed by atoms with Crippen LogP contribution >= 0.6 is 48.0 Å². The van der Waals surface area contributed by atoms with Gasteiger partial charge in [-0.15, -0.1) is 24.8 Å². The summed E-state index contributed by atoms with van der Waals surface area (Å²) in [5, 5.41) is 4.48. The number of carbonyl (C=O) groups is 1. The van der Waals surface area contributed by atoms with Crippen molar-refractivity contribution in [2.45, 2.75) is 12.8 Å². The Balaban J connectivity index is 0.00000131. The molecule has 3 heterocycles. The fraction of sp³-hybridized carbons (Fsp3) is 0.444. The molecule has 2 saturated heterocycles. The number of aromatic nitrogens is 1. The van der Waals surface area contributed by atoms with E-state index in [4.69, 9.17) is 27.6 Å². The second-order valence-electron chi connectivity index (χ2n) is 6.72. The summed E-state index contributed by atoms with van der Waals surface area (Å²) in [7, 11) is 0. The van der Waals surface area contributed by atoms with Crippen LogP contribution in [-0.4, -0.2) is 42.0 Å². The highest BCUT2D eigenvalue weighted by atomic mass is 35.5. The molecule has 0 spiro atoms. The van der Waals surface area contributed by atoms with E-state index >= 15 is 0 Å². The smallest absolute Gasteiger partial charge is 0.223 e. The Labute approximate surface area is 180 Å². The number of fused-ring (bicyclic) bond motifs is 1. The minimum Gasteiger partial charge on any atom is -0.441 e. The zero-order valence-electron chi connectivity index (χ0n) is 14.5. The first-order valence-corrected chi connectivity index (χ1v) is 9.24. The van der Waals surface area contributed by atoms with Crippen LogP contribution < -0.4 is 5.32 Å². The molecule has 1 amide bonds. The minimum atomic E-state index is 0. The van der Waals surface area contributed by atoms with Gasteiger partial charge in [-0.25, -0.2) is 4.98 Å². The van der Waals surface area contributed by atoms with E-state index in [2.05, 4.69) is 10.3 Å². The number of halogens is 4. The molecule has 0 radical (unpaired) electrons. The van der Waals surface area contributed by atoms with E-state index in [-0.39, 0.29) is 30.7 Å². The first-order chi connectivity index (χ1) is 12.1. The van der Waals surface area contributed by atoms with Crippen LogP contribution in [0, 0.1) is 11.8 Å². The molecule has 4 rings (SSSR count). The lowest BCUT2D eigenvalue weighted by Gasteiger charge is -2.16. The van der Waals surface area contributed by atoms with E-state index in [1.54, 1.807) is 24.4 Å². The van der Waals surface area contributed by atoms with Gasteiger partial charge in [0.15, 0.2) is 11.7 Å². The number of oxazole rings is 1. The van der Waals surface area contributed by atoms with E-state index < -0.39 is 0 Å². The SMILES string of the molecule is Cl.Cl.O=C(CCc1ncc(-c2ccc(Cl)cc2Cl)o1)N1C[C@H]2CNC[C@H]2C1. The molecule has 148 valence electrons. The van der Waals surface area contributed by atoms with Crippen molar-refractivity contribution in [1.82, 2.24) is 15.2 Å². The van der Waals surface area contributed by atoms with Crippen molar-refractivity contribution in [3.05, 3.63) is 40.3 Å². The molecule has 2 atom stereocenters. The predicted octanol–water partition coefficient (Wildman–Crippen LogP) is 4.10. The van der Waals surface area contributed by atoms with Crippen molar-refractivity contribution < 1.29 is 9.21 Å². The average molecular weight is 453 g/mol. The van der Waals surface area contributed by atoms with Crippen molar-refractivity contribution in [1.29, 1.82) is 0 Å². The number of hydrogen-bond donors (Lipinski definition) is 1. The molecule has 2 fully saturated rings. The van der Waals surface area contributed by atoms with Crippen LogP contribution in [0.1, 0.15) is 12.3 Å². The predicted molar refractivity (Wildman–Crippen MR) is 111 cm³/mol. The molecule has 5 nitrogen and oxygen atoms in total. The largest absolute Gasteiger partial charge is 0.441 e. The second-order valence-corrected chi connectivity index (χ2v) is 7.56. The van der Waals surface area contributed by atoms with Crippen LogP contribution in [0.25, 0.3) is 11.3 Å². The molecule has 0 aliphatic carbocycles. The third kappa shape index (κ3) is 4.90. The third-order valence-electron chi connectivity index (χ3n) is 5.05. The van der Waals surface area contributed by atoms with Gasteiger partial charge in [0.2, 0.25) is 5.91 Å². The molecule has 0 saturated carbocycles. The van der Waals surface area contributed by atoms with Gasteiger partial charge >= 0.3 is 0 Å². The summed E-state index contributed by atoms with van der Waals surface area (Å²) < 4.78 is 5.76. The number of nitrogens with one attached hydrogen (secondary N) is 1. The van der Waals surface area contributed by atoms with E-state index in [1.807, 2.05) is 4.90 Å². The number of amides is 1. The van der Waals surface area contributed by atoms with Gasteiger partial charge in [-0.1, -0.05) is 23.2 Å². The lowest BCUT2D eigenvalue weighted by molar-refractivity contribution is -0.130. The fourth-order valence-corrected chi connectivity index (χ4v) is 4.17. The second kappa shape index (κ2) is 9.48. The number of nitrogens with zero attached hydrogens (tertiary/aromatic N) is 2. The summed E-state index contributed by atoms with van der Waals surface area (Å²) >= 11 is 12.1. The summed E-state index contributed by atoms with van der Waals surface area (Å²) in [4.78, 5) is 18.7. The number of hydrogen-bond acceptors (Lipinski definition) is 4. The van der Waals surface area contributed by atoms with Gasteiger partial charge in [0.25, 0.3) is 0 Å². The monoisotopic (exact) mass is 451 g/mol. The Hall–Kier alpha value is -0.980. The van der Waals surface area contributed by atoms with Crippen LogP contribution in [0.3, 0.4) is 0 Å². The van der Waals surface area contributed by atoms with Crippen molar-refractivity contribution in [2.75, 3.05) is 26.2 Å². The lowest BCUT2D eigenvalue weighted by Crippen LogP contribution is -2.32. The van der Waals surface area contributed by atoms with Gasteiger partial charge in [-0.2, -0.15) is 0 Å². The molecular weight excluding hydrogens is 432 g/mol. The zero-order chi connectivity index (χ0) is 17.4. The standard InChI is InChI=1S/C18H19Cl2N3O2.2ClH/c19-13-1-2-14(15(20)5-13)16-8-22-17(25-16)3-4-18(24)23-9-11-6-21-7-12(11)10-23;;/h1-2,5,8,11-12,21H,3-4,6-7,9-10H2;2*1H/t11-,12+;;. The maximum absolute atomic E-state index is 12.4. The van der Waals surface area contributed by atoms with Crippen molar-refractivity contribution >= 4 is 53.9 Å². The molecule has 2 aromatic rings. The van der Waals surface area contributed by atoms with E-state index in [0.29, 0.717) is 46.4 Å². The number of carbonyl (C=O) groups excluding carboxylic acids is 1. The number of likely N-dealkylation sites (tertiary alicyclic amines) is 1. The van der Waals surface area contributed by atoms with Crippen LogP contribution in [0.5, 0.6) is 0 Å². The third-order valence-corrected chi connectivity index (χ3v) is 5.59. The van der Waals surface area contributed by atoms with Crippen LogP contribution in [-0.2, 0) is 11.2 Å². The molecule has 0 bridgehead atoms. The molecule has 9 heteroatoms. The van der Waals surface area contributed by atoms with Crippen LogP contribution in [0.15, 0.2) is 28.8 Å². The van der Waals surface area contributed by atoms with Crippen LogP contribution in [0.2, 0.25) is 10.0 Å². The Kier molecular flexibility index (Phi) is 7.83. The number of benzene rings is 1. The highest BCUT2D eigenvalue weighted by Crippen LogP contribution is 2.31. The molecular formula is C18H21Cl4N3O2. The first-order valence-electron chi connectivity index (χ1n) is 8.49. The molecule has 27 heavy (non-hydrogen) atoms. The van der Waals surface area contributed by atoms with Gasteiger partial charge < -0.3 is 14.6 Å². The number of rotatable bonds is 4. The fourth-order valence-electron chi connectivity index (χ4n) is 3.67. The molecule has 2 aliphatic rings. The topological polar surface area (TPSA) is 58.4 Å². The van der Waals surface area contributed by atoms with Gasteiger partial charge in [0.05, 0.1) is 11.2 Å². The average Bonchev–Trinajstić information content (AvgIpc) is 3.28. The van der Waals surface area contributed by atoms with Crippen molar-refractivity contribution in [3.8, 4) is 11.3 Å². The molecule has 1 aromatic carbocycles. The quantitative estimate of drug-likeness (QED) is 0.758. The number of aryl methyl sites for hydroxylation is 1. The Morgan fingerprint density at radius 3 is 2.59 bits per heavy atom. The van der Waals surface area contributed by atoms with Crippen molar-refractivity contribution in [2.24, 2.45) is 11.8 Å². The summed E-state index contributed by atoms with van der Waals surface area (Å²) in [6, 6.07) is 5.23. The van der Waals surface area contributed by atoms with Crippen molar-refractivity contribution in [3.63, 3.8) is 0 Å². The van der Waals surface area contributed by atoms with Crippen LogP contribution in [0.4, 0.5) is 0 Å². The minimum absolute atomic E-state index is 0. The molecule has 1 aromatic heterocycles. The Morgan fingerprint density at radius 2 is 1.93 bits per heavy atom. The normalized spacial score (nSPS) is 20.7. The highest BCUT2D eigenvalue weighted by Gasteiger charge is 2.37. The first kappa shape index (κ1) is 22.3.